The normalized spacial score (nSPS) is 10.2. The number of carbonyl (C=O) groups excluding carboxylic acids is 1. The second-order valence-corrected chi connectivity index (χ2v) is 4.84. The third-order valence-corrected chi connectivity index (χ3v) is 3.20. The summed E-state index contributed by atoms with van der Waals surface area (Å²) < 4.78 is 0. The first-order chi connectivity index (χ1) is 9.60. The van der Waals surface area contributed by atoms with Gasteiger partial charge < -0.3 is 10.6 Å². The number of aryl methyl sites for hydroxylation is 1. The molecule has 20 heavy (non-hydrogen) atoms. The molecule has 4 nitrogen and oxygen atoms in total. The van der Waals surface area contributed by atoms with Crippen LogP contribution in [0.2, 0.25) is 5.15 Å². The lowest BCUT2D eigenvalue weighted by atomic mass is 10.1. The second kappa shape index (κ2) is 6.39. The molecule has 0 atom stereocenters. The van der Waals surface area contributed by atoms with Crippen molar-refractivity contribution in [2.75, 3.05) is 12.4 Å². The number of hydrogen-bond donors (Lipinski definition) is 2. The highest BCUT2D eigenvalue weighted by Gasteiger charge is 2.04. The molecule has 0 radical (unpaired) electrons. The highest BCUT2D eigenvalue weighted by Crippen LogP contribution is 2.20. The van der Waals surface area contributed by atoms with E-state index < -0.39 is 0 Å². The maximum atomic E-state index is 11.4. The molecule has 0 fully saturated rings. The van der Waals surface area contributed by atoms with Gasteiger partial charge in [0.2, 0.25) is 0 Å². The number of nitrogens with one attached hydrogen (secondary N) is 2. The predicted molar refractivity (Wildman–Crippen MR) is 81.1 cm³/mol. The zero-order valence-corrected chi connectivity index (χ0v) is 12.2. The summed E-state index contributed by atoms with van der Waals surface area (Å²) in [5, 5.41) is 6.29. The molecule has 0 bridgehead atoms. The molecule has 0 spiro atoms. The lowest BCUT2D eigenvalue weighted by Gasteiger charge is -2.09. The number of hydrogen-bond acceptors (Lipinski definition) is 3. The van der Waals surface area contributed by atoms with Crippen LogP contribution >= 0.6 is 11.6 Å². The first-order valence-electron chi connectivity index (χ1n) is 6.27. The summed E-state index contributed by atoms with van der Waals surface area (Å²) in [5.41, 5.74) is 3.57. The van der Waals surface area contributed by atoms with Gasteiger partial charge in [0, 0.05) is 25.4 Å². The van der Waals surface area contributed by atoms with Crippen molar-refractivity contribution in [2.24, 2.45) is 0 Å². The average Bonchev–Trinajstić information content (AvgIpc) is 2.48. The number of nitrogens with zero attached hydrogens (tertiary/aromatic N) is 1. The summed E-state index contributed by atoms with van der Waals surface area (Å²) in [7, 11) is 1.62. The molecule has 104 valence electrons. The number of halogens is 1. The molecule has 2 N–H and O–H groups in total. The van der Waals surface area contributed by atoms with Crippen LogP contribution in [0.5, 0.6) is 0 Å². The van der Waals surface area contributed by atoms with Gasteiger partial charge in [0.05, 0.1) is 5.69 Å². The Kier molecular flexibility index (Phi) is 4.58. The van der Waals surface area contributed by atoms with Crippen LogP contribution in [0.1, 0.15) is 21.5 Å². The number of rotatable bonds is 4. The molecule has 0 saturated carbocycles. The molecular formula is C15H16ClN3O. The van der Waals surface area contributed by atoms with Crippen molar-refractivity contribution in [2.45, 2.75) is 13.5 Å². The van der Waals surface area contributed by atoms with Crippen molar-refractivity contribution in [1.82, 2.24) is 10.3 Å². The Bertz CT molecular complexity index is 611. The van der Waals surface area contributed by atoms with Crippen LogP contribution in [-0.4, -0.2) is 17.9 Å². The Morgan fingerprint density at radius 1 is 1.30 bits per heavy atom. The topological polar surface area (TPSA) is 54.0 Å². The number of pyridine rings is 1. The Hall–Kier alpha value is -2.07. The summed E-state index contributed by atoms with van der Waals surface area (Å²) in [4.78, 5) is 15.5. The molecule has 0 aliphatic rings. The maximum Gasteiger partial charge on any atom is 0.251 e. The van der Waals surface area contributed by atoms with E-state index in [9.17, 15) is 4.79 Å². The van der Waals surface area contributed by atoms with E-state index in [0.717, 1.165) is 16.8 Å². The van der Waals surface area contributed by atoms with Gasteiger partial charge in [-0.05, 0) is 36.2 Å². The smallest absolute Gasteiger partial charge is 0.251 e. The fourth-order valence-corrected chi connectivity index (χ4v) is 1.96. The van der Waals surface area contributed by atoms with Crippen LogP contribution in [0.15, 0.2) is 36.5 Å². The Morgan fingerprint density at radius 2 is 2.00 bits per heavy atom. The standard InChI is InChI=1S/C15H16ClN3O/c1-10-7-13(14(16)19-8-10)18-9-11-3-5-12(6-4-11)15(20)17-2/h3-8,18H,9H2,1-2H3,(H,17,20). The summed E-state index contributed by atoms with van der Waals surface area (Å²) in [6.07, 6.45) is 1.73. The molecule has 1 aromatic carbocycles. The van der Waals surface area contributed by atoms with Crippen molar-refractivity contribution in [1.29, 1.82) is 0 Å². The molecule has 2 rings (SSSR count). The molecule has 0 aliphatic carbocycles. The summed E-state index contributed by atoms with van der Waals surface area (Å²) in [6.45, 7) is 2.59. The van der Waals surface area contributed by atoms with Gasteiger partial charge in [-0.2, -0.15) is 0 Å². The van der Waals surface area contributed by atoms with E-state index in [0.29, 0.717) is 17.3 Å². The van der Waals surface area contributed by atoms with E-state index in [-0.39, 0.29) is 5.91 Å². The molecule has 1 aromatic heterocycles. The van der Waals surface area contributed by atoms with Gasteiger partial charge in [0.25, 0.3) is 5.91 Å². The van der Waals surface area contributed by atoms with Gasteiger partial charge in [0.1, 0.15) is 0 Å². The monoisotopic (exact) mass is 289 g/mol. The highest BCUT2D eigenvalue weighted by atomic mass is 35.5. The Labute approximate surface area is 123 Å². The largest absolute Gasteiger partial charge is 0.378 e. The third-order valence-electron chi connectivity index (χ3n) is 2.90. The van der Waals surface area contributed by atoms with Gasteiger partial charge in [-0.15, -0.1) is 0 Å². The quantitative estimate of drug-likeness (QED) is 0.851. The minimum absolute atomic E-state index is 0.0876. The Morgan fingerprint density at radius 3 is 2.65 bits per heavy atom. The number of benzene rings is 1. The van der Waals surface area contributed by atoms with Crippen molar-refractivity contribution in [3.05, 3.63) is 58.4 Å². The van der Waals surface area contributed by atoms with Crippen molar-refractivity contribution < 1.29 is 4.79 Å². The molecule has 0 aliphatic heterocycles. The molecule has 1 heterocycles. The minimum Gasteiger partial charge on any atom is -0.378 e. The van der Waals surface area contributed by atoms with E-state index in [4.69, 9.17) is 11.6 Å². The van der Waals surface area contributed by atoms with Crippen LogP contribution in [-0.2, 0) is 6.54 Å². The number of carbonyl (C=O) groups is 1. The van der Waals surface area contributed by atoms with Crippen LogP contribution in [0.4, 0.5) is 5.69 Å². The lowest BCUT2D eigenvalue weighted by Crippen LogP contribution is -2.17. The number of anilines is 1. The number of aromatic nitrogens is 1. The van der Waals surface area contributed by atoms with Crippen molar-refractivity contribution in [3.63, 3.8) is 0 Å². The number of amides is 1. The zero-order chi connectivity index (χ0) is 14.5. The van der Waals surface area contributed by atoms with Gasteiger partial charge in [0.15, 0.2) is 5.15 Å². The third kappa shape index (κ3) is 3.48. The molecule has 0 unspecified atom stereocenters. The van der Waals surface area contributed by atoms with E-state index >= 15 is 0 Å². The van der Waals surface area contributed by atoms with Gasteiger partial charge >= 0.3 is 0 Å². The fourth-order valence-electron chi connectivity index (χ4n) is 1.79. The van der Waals surface area contributed by atoms with Crippen LogP contribution in [0.25, 0.3) is 0 Å². The van der Waals surface area contributed by atoms with Crippen LogP contribution in [0, 0.1) is 6.92 Å². The van der Waals surface area contributed by atoms with E-state index in [2.05, 4.69) is 15.6 Å². The zero-order valence-electron chi connectivity index (χ0n) is 11.4. The molecule has 5 heteroatoms. The van der Waals surface area contributed by atoms with Crippen molar-refractivity contribution >= 4 is 23.2 Å². The fraction of sp³-hybridized carbons (Fsp3) is 0.200. The van der Waals surface area contributed by atoms with E-state index in [1.807, 2.05) is 25.1 Å². The van der Waals surface area contributed by atoms with Crippen molar-refractivity contribution in [3.8, 4) is 0 Å². The minimum atomic E-state index is -0.0876. The predicted octanol–water partition coefficient (Wildman–Crippen LogP) is 3.02. The maximum absolute atomic E-state index is 11.4. The second-order valence-electron chi connectivity index (χ2n) is 4.48. The van der Waals surface area contributed by atoms with E-state index in [1.165, 1.54) is 0 Å². The molecule has 0 saturated heterocycles. The van der Waals surface area contributed by atoms with Gasteiger partial charge in [-0.1, -0.05) is 23.7 Å². The summed E-state index contributed by atoms with van der Waals surface area (Å²) in [6, 6.07) is 9.37. The Balaban J connectivity index is 2.04. The summed E-state index contributed by atoms with van der Waals surface area (Å²) >= 11 is 6.02. The van der Waals surface area contributed by atoms with Crippen LogP contribution < -0.4 is 10.6 Å². The molecular weight excluding hydrogens is 274 g/mol. The highest BCUT2D eigenvalue weighted by molar-refractivity contribution is 6.31. The van der Waals surface area contributed by atoms with Gasteiger partial charge in [-0.3, -0.25) is 4.79 Å². The first-order valence-corrected chi connectivity index (χ1v) is 6.65. The van der Waals surface area contributed by atoms with E-state index in [1.54, 1.807) is 25.4 Å². The molecule has 2 aromatic rings. The average molecular weight is 290 g/mol. The summed E-state index contributed by atoms with van der Waals surface area (Å²) in [5.74, 6) is -0.0876. The molecule has 1 amide bonds. The van der Waals surface area contributed by atoms with Crippen LogP contribution in [0.3, 0.4) is 0 Å². The lowest BCUT2D eigenvalue weighted by molar-refractivity contribution is 0.0963. The first kappa shape index (κ1) is 14.3. The SMILES string of the molecule is CNC(=O)c1ccc(CNc2cc(C)cnc2Cl)cc1. The van der Waals surface area contributed by atoms with Gasteiger partial charge in [-0.25, -0.2) is 4.98 Å².